The lowest BCUT2D eigenvalue weighted by molar-refractivity contribution is -0.147. The Morgan fingerprint density at radius 3 is 2.48 bits per heavy atom. The van der Waals surface area contributed by atoms with Crippen molar-refractivity contribution in [1.29, 1.82) is 0 Å². The second-order valence-corrected chi connectivity index (χ2v) is 6.62. The number of nitrogens with one attached hydrogen (secondary N) is 1. The number of carbonyl (C=O) groups is 2. The minimum absolute atomic E-state index is 0.192. The lowest BCUT2D eigenvalue weighted by atomic mass is 10.2. The molecule has 1 unspecified atom stereocenters. The molecule has 2 amide bonds. The summed E-state index contributed by atoms with van der Waals surface area (Å²) in [4.78, 5) is 27.5. The average molecular weight is 347 g/mol. The van der Waals surface area contributed by atoms with Crippen LogP contribution in [0.15, 0.2) is 30.3 Å². The Morgan fingerprint density at radius 1 is 1.16 bits per heavy atom. The largest absolute Gasteiger partial charge is 0.491 e. The smallest absolute Gasteiger partial charge is 0.311 e. The average Bonchev–Trinajstić information content (AvgIpc) is 3.45. The first kappa shape index (κ1) is 17.7. The van der Waals surface area contributed by atoms with Gasteiger partial charge in [-0.05, 0) is 25.0 Å². The topological polar surface area (TPSA) is 82.1 Å². The summed E-state index contributed by atoms with van der Waals surface area (Å²) in [7, 11) is 0. The van der Waals surface area contributed by atoms with Gasteiger partial charge in [0, 0.05) is 38.8 Å². The number of β-amino-alcohol motifs (C(OH)–C–C–N with tert-alkyl or cyclic N) is 1. The molecule has 7 nitrogen and oxygen atoms in total. The third kappa shape index (κ3) is 5.44. The summed E-state index contributed by atoms with van der Waals surface area (Å²) in [5.74, 6) is -0.203. The van der Waals surface area contributed by atoms with E-state index in [0.717, 1.165) is 18.6 Å². The number of aliphatic hydroxyl groups is 1. The van der Waals surface area contributed by atoms with Gasteiger partial charge in [-0.1, -0.05) is 18.2 Å². The summed E-state index contributed by atoms with van der Waals surface area (Å²) in [6.45, 7) is 3.01. The van der Waals surface area contributed by atoms with Gasteiger partial charge in [0.2, 0.25) is 0 Å². The van der Waals surface area contributed by atoms with E-state index < -0.39 is 17.9 Å². The van der Waals surface area contributed by atoms with E-state index in [0.29, 0.717) is 32.7 Å². The van der Waals surface area contributed by atoms with Gasteiger partial charge in [0.1, 0.15) is 18.5 Å². The molecule has 0 bridgehead atoms. The lowest BCUT2D eigenvalue weighted by Gasteiger charge is -2.35. The number of carbonyl (C=O) groups excluding carboxylic acids is 2. The van der Waals surface area contributed by atoms with Crippen molar-refractivity contribution in [3.05, 3.63) is 30.3 Å². The van der Waals surface area contributed by atoms with Crippen LogP contribution < -0.4 is 10.1 Å². The normalized spacial score (nSPS) is 19.3. The van der Waals surface area contributed by atoms with Crippen LogP contribution in [0.2, 0.25) is 0 Å². The fourth-order valence-corrected chi connectivity index (χ4v) is 2.81. The number of hydrogen-bond acceptors (Lipinski definition) is 5. The Hall–Kier alpha value is -2.12. The molecule has 2 N–H and O–H groups in total. The van der Waals surface area contributed by atoms with Crippen LogP contribution >= 0.6 is 0 Å². The Kier molecular flexibility index (Phi) is 5.88. The van der Waals surface area contributed by atoms with Gasteiger partial charge in [0.05, 0.1) is 0 Å². The maximum absolute atomic E-state index is 12.1. The van der Waals surface area contributed by atoms with E-state index in [1.807, 2.05) is 30.3 Å². The molecule has 136 valence electrons. The van der Waals surface area contributed by atoms with Crippen molar-refractivity contribution in [2.45, 2.75) is 25.0 Å². The first-order valence-corrected chi connectivity index (χ1v) is 8.80. The van der Waals surface area contributed by atoms with Gasteiger partial charge in [-0.15, -0.1) is 0 Å². The van der Waals surface area contributed by atoms with Crippen molar-refractivity contribution in [2.24, 2.45) is 0 Å². The summed E-state index contributed by atoms with van der Waals surface area (Å²) < 4.78 is 5.55. The second-order valence-electron chi connectivity index (χ2n) is 6.62. The standard InChI is InChI=1S/C18H25N3O4/c22-15(13-25-16-4-2-1-3-5-16)12-20-8-10-21(11-9-20)18(24)17(23)19-14-6-7-14/h1-5,14-15,22H,6-13H2,(H,19,23). The van der Waals surface area contributed by atoms with Crippen LogP contribution in [0.4, 0.5) is 0 Å². The minimum atomic E-state index is -0.597. The molecular formula is C18H25N3O4. The molecule has 7 heteroatoms. The highest BCUT2D eigenvalue weighted by Crippen LogP contribution is 2.18. The first-order chi connectivity index (χ1) is 12.1. The highest BCUT2D eigenvalue weighted by molar-refractivity contribution is 6.35. The third-order valence-corrected chi connectivity index (χ3v) is 4.42. The van der Waals surface area contributed by atoms with Crippen molar-refractivity contribution < 1.29 is 19.4 Å². The predicted molar refractivity (Wildman–Crippen MR) is 92.1 cm³/mol. The molecule has 0 aromatic heterocycles. The summed E-state index contributed by atoms with van der Waals surface area (Å²) >= 11 is 0. The fourth-order valence-electron chi connectivity index (χ4n) is 2.81. The van der Waals surface area contributed by atoms with Gasteiger partial charge in [-0.3, -0.25) is 14.5 Å². The Labute approximate surface area is 147 Å². The first-order valence-electron chi connectivity index (χ1n) is 8.80. The number of rotatable bonds is 6. The summed E-state index contributed by atoms with van der Waals surface area (Å²) in [5.41, 5.74) is 0. The quantitative estimate of drug-likeness (QED) is 0.700. The molecule has 3 rings (SSSR count). The van der Waals surface area contributed by atoms with Crippen LogP contribution in [0.25, 0.3) is 0 Å². The molecule has 2 aliphatic rings. The van der Waals surface area contributed by atoms with Crippen molar-refractivity contribution in [3.8, 4) is 5.75 Å². The maximum atomic E-state index is 12.1. The number of amides is 2. The molecular weight excluding hydrogens is 322 g/mol. The lowest BCUT2D eigenvalue weighted by Crippen LogP contribution is -2.54. The van der Waals surface area contributed by atoms with E-state index in [-0.39, 0.29) is 12.6 Å². The number of hydrogen-bond donors (Lipinski definition) is 2. The van der Waals surface area contributed by atoms with Crippen LogP contribution in [-0.4, -0.2) is 78.2 Å². The number of piperazine rings is 1. The van der Waals surface area contributed by atoms with Crippen molar-refractivity contribution in [1.82, 2.24) is 15.1 Å². The zero-order chi connectivity index (χ0) is 17.6. The van der Waals surface area contributed by atoms with E-state index in [9.17, 15) is 14.7 Å². The number of benzene rings is 1. The molecule has 1 aliphatic carbocycles. The SMILES string of the molecule is O=C(NC1CC1)C(=O)N1CCN(CC(O)COc2ccccc2)CC1. The fraction of sp³-hybridized carbons (Fsp3) is 0.556. The third-order valence-electron chi connectivity index (χ3n) is 4.42. The molecule has 1 atom stereocenters. The Bertz CT molecular complexity index is 583. The van der Waals surface area contributed by atoms with Crippen LogP contribution in [0.3, 0.4) is 0 Å². The Balaban J connectivity index is 1.35. The van der Waals surface area contributed by atoms with E-state index in [4.69, 9.17) is 4.74 Å². The zero-order valence-electron chi connectivity index (χ0n) is 14.3. The van der Waals surface area contributed by atoms with Gasteiger partial charge < -0.3 is 20.1 Å². The maximum Gasteiger partial charge on any atom is 0.311 e. The van der Waals surface area contributed by atoms with E-state index in [2.05, 4.69) is 10.2 Å². The molecule has 1 aromatic rings. The molecule has 1 saturated heterocycles. The van der Waals surface area contributed by atoms with E-state index in [1.54, 1.807) is 4.90 Å². The highest BCUT2D eigenvalue weighted by atomic mass is 16.5. The molecule has 1 aromatic carbocycles. The summed E-state index contributed by atoms with van der Waals surface area (Å²) in [6.07, 6.45) is 1.34. The van der Waals surface area contributed by atoms with E-state index in [1.165, 1.54) is 0 Å². The molecule has 1 saturated carbocycles. The molecule has 0 spiro atoms. The summed E-state index contributed by atoms with van der Waals surface area (Å²) in [6, 6.07) is 9.58. The van der Waals surface area contributed by atoms with Gasteiger partial charge >= 0.3 is 11.8 Å². The number of para-hydroxylation sites is 1. The highest BCUT2D eigenvalue weighted by Gasteiger charge is 2.30. The number of aliphatic hydroxyl groups excluding tert-OH is 1. The van der Waals surface area contributed by atoms with Crippen molar-refractivity contribution >= 4 is 11.8 Å². The predicted octanol–water partition coefficient (Wildman–Crippen LogP) is -0.151. The van der Waals surface area contributed by atoms with Crippen LogP contribution in [0.1, 0.15) is 12.8 Å². The van der Waals surface area contributed by atoms with Crippen LogP contribution in [0, 0.1) is 0 Å². The van der Waals surface area contributed by atoms with Crippen molar-refractivity contribution in [3.63, 3.8) is 0 Å². The van der Waals surface area contributed by atoms with Gasteiger partial charge in [-0.2, -0.15) is 0 Å². The molecule has 0 radical (unpaired) electrons. The van der Waals surface area contributed by atoms with E-state index >= 15 is 0 Å². The Morgan fingerprint density at radius 2 is 1.84 bits per heavy atom. The molecule has 2 fully saturated rings. The van der Waals surface area contributed by atoms with Crippen molar-refractivity contribution in [2.75, 3.05) is 39.3 Å². The van der Waals surface area contributed by atoms with Gasteiger partial charge in [0.15, 0.2) is 0 Å². The van der Waals surface area contributed by atoms with Gasteiger partial charge in [0.25, 0.3) is 0 Å². The molecule has 1 aliphatic heterocycles. The number of nitrogens with zero attached hydrogens (tertiary/aromatic N) is 2. The molecule has 25 heavy (non-hydrogen) atoms. The monoisotopic (exact) mass is 347 g/mol. The zero-order valence-corrected chi connectivity index (χ0v) is 14.3. The van der Waals surface area contributed by atoms with Gasteiger partial charge in [-0.25, -0.2) is 0 Å². The number of ether oxygens (including phenoxy) is 1. The van der Waals surface area contributed by atoms with Crippen LogP contribution in [-0.2, 0) is 9.59 Å². The summed E-state index contributed by atoms with van der Waals surface area (Å²) in [5, 5.41) is 12.8. The molecule has 1 heterocycles. The minimum Gasteiger partial charge on any atom is -0.491 e. The second kappa shape index (κ2) is 8.31. The van der Waals surface area contributed by atoms with Crippen LogP contribution in [0.5, 0.6) is 5.75 Å².